The monoisotopic (exact) mass is 351 g/mol. The molecular weight excluding hydrogens is 326 g/mol. The molecule has 0 radical (unpaired) electrons. The summed E-state index contributed by atoms with van der Waals surface area (Å²) in [5, 5.41) is 5.86. The molecule has 1 aliphatic heterocycles. The van der Waals surface area contributed by atoms with Gasteiger partial charge in [0.05, 0.1) is 6.04 Å². The Labute approximate surface area is 154 Å². The van der Waals surface area contributed by atoms with E-state index in [0.717, 1.165) is 28.1 Å². The number of aryl methyl sites for hydroxylation is 4. The molecule has 2 aromatic rings. The van der Waals surface area contributed by atoms with E-state index >= 15 is 0 Å². The molecule has 26 heavy (non-hydrogen) atoms. The first-order valence-electron chi connectivity index (χ1n) is 8.86. The SMILES string of the molecule is Cc1ccc(N2C[C@H](NC(=O)Nc3c(C)cc(C)cc3C)CC2=O)cc1. The van der Waals surface area contributed by atoms with Gasteiger partial charge in [0.15, 0.2) is 0 Å². The highest BCUT2D eigenvalue weighted by Gasteiger charge is 2.31. The molecule has 1 aliphatic rings. The van der Waals surface area contributed by atoms with Gasteiger partial charge in [-0.3, -0.25) is 4.79 Å². The fourth-order valence-electron chi connectivity index (χ4n) is 3.49. The van der Waals surface area contributed by atoms with Gasteiger partial charge in [-0.2, -0.15) is 0 Å². The molecule has 2 aromatic carbocycles. The molecule has 5 heteroatoms. The van der Waals surface area contributed by atoms with Crippen molar-refractivity contribution in [2.45, 2.75) is 40.2 Å². The third-order valence-corrected chi connectivity index (χ3v) is 4.72. The summed E-state index contributed by atoms with van der Waals surface area (Å²) in [4.78, 5) is 26.4. The maximum Gasteiger partial charge on any atom is 0.319 e. The van der Waals surface area contributed by atoms with Crippen LogP contribution >= 0.6 is 0 Å². The molecule has 3 rings (SSSR count). The van der Waals surface area contributed by atoms with E-state index < -0.39 is 0 Å². The zero-order valence-electron chi connectivity index (χ0n) is 15.7. The van der Waals surface area contributed by atoms with Crippen molar-refractivity contribution in [3.8, 4) is 0 Å². The number of amides is 3. The summed E-state index contributed by atoms with van der Waals surface area (Å²) in [6.07, 6.45) is 0.313. The Hall–Kier alpha value is -2.82. The van der Waals surface area contributed by atoms with Crippen LogP contribution in [0.4, 0.5) is 16.2 Å². The average molecular weight is 351 g/mol. The van der Waals surface area contributed by atoms with Crippen LogP contribution in [0.2, 0.25) is 0 Å². The van der Waals surface area contributed by atoms with Gasteiger partial charge >= 0.3 is 6.03 Å². The van der Waals surface area contributed by atoms with Crippen molar-refractivity contribution in [1.82, 2.24) is 5.32 Å². The van der Waals surface area contributed by atoms with Gasteiger partial charge in [-0.1, -0.05) is 35.4 Å². The van der Waals surface area contributed by atoms with Crippen LogP contribution in [-0.2, 0) is 4.79 Å². The first-order chi connectivity index (χ1) is 12.3. The topological polar surface area (TPSA) is 61.4 Å². The van der Waals surface area contributed by atoms with Crippen molar-refractivity contribution < 1.29 is 9.59 Å². The lowest BCUT2D eigenvalue weighted by atomic mass is 10.1. The first-order valence-corrected chi connectivity index (χ1v) is 8.86. The summed E-state index contributed by atoms with van der Waals surface area (Å²) in [5.74, 6) is 0.0295. The maximum atomic E-state index is 12.4. The summed E-state index contributed by atoms with van der Waals surface area (Å²) >= 11 is 0. The van der Waals surface area contributed by atoms with E-state index in [9.17, 15) is 9.59 Å². The molecule has 0 saturated carbocycles. The lowest BCUT2D eigenvalue weighted by Gasteiger charge is -2.18. The number of hydrogen-bond donors (Lipinski definition) is 2. The van der Waals surface area contributed by atoms with Crippen molar-refractivity contribution in [2.75, 3.05) is 16.8 Å². The van der Waals surface area contributed by atoms with Crippen LogP contribution in [0.5, 0.6) is 0 Å². The molecule has 0 bridgehead atoms. The molecule has 2 N–H and O–H groups in total. The minimum Gasteiger partial charge on any atom is -0.333 e. The van der Waals surface area contributed by atoms with Gasteiger partial charge in [0, 0.05) is 24.3 Å². The molecule has 1 saturated heterocycles. The molecule has 0 aromatic heterocycles. The Morgan fingerprint density at radius 2 is 1.62 bits per heavy atom. The van der Waals surface area contributed by atoms with Crippen molar-refractivity contribution in [3.63, 3.8) is 0 Å². The second-order valence-electron chi connectivity index (χ2n) is 7.11. The average Bonchev–Trinajstić information content (AvgIpc) is 2.92. The summed E-state index contributed by atoms with van der Waals surface area (Å²) in [7, 11) is 0. The van der Waals surface area contributed by atoms with E-state index in [4.69, 9.17) is 0 Å². The molecule has 0 aliphatic carbocycles. The van der Waals surface area contributed by atoms with Crippen LogP contribution in [0.3, 0.4) is 0 Å². The lowest BCUT2D eigenvalue weighted by Crippen LogP contribution is -2.40. The standard InChI is InChI=1S/C21H25N3O2/c1-13-5-7-18(8-6-13)24-12-17(11-19(24)25)22-21(26)23-20-15(3)9-14(2)10-16(20)4/h5-10,17H,11-12H2,1-4H3,(H2,22,23,26)/t17-/m1/s1. The Morgan fingerprint density at radius 3 is 2.23 bits per heavy atom. The largest absolute Gasteiger partial charge is 0.333 e. The molecule has 5 nitrogen and oxygen atoms in total. The minimum atomic E-state index is -0.274. The van der Waals surface area contributed by atoms with Gasteiger partial charge in [-0.25, -0.2) is 4.79 Å². The van der Waals surface area contributed by atoms with Crippen LogP contribution in [-0.4, -0.2) is 24.5 Å². The van der Waals surface area contributed by atoms with E-state index in [2.05, 4.69) is 10.6 Å². The highest BCUT2D eigenvalue weighted by atomic mass is 16.2. The van der Waals surface area contributed by atoms with Gasteiger partial charge in [0.25, 0.3) is 0 Å². The van der Waals surface area contributed by atoms with E-state index in [-0.39, 0.29) is 18.0 Å². The van der Waals surface area contributed by atoms with Crippen molar-refractivity contribution in [2.24, 2.45) is 0 Å². The number of hydrogen-bond acceptors (Lipinski definition) is 2. The fourth-order valence-corrected chi connectivity index (χ4v) is 3.49. The number of nitrogens with one attached hydrogen (secondary N) is 2. The number of benzene rings is 2. The number of carbonyl (C=O) groups excluding carboxylic acids is 2. The number of nitrogens with zero attached hydrogens (tertiary/aromatic N) is 1. The van der Waals surface area contributed by atoms with Crippen LogP contribution in [0, 0.1) is 27.7 Å². The molecule has 0 spiro atoms. The molecule has 1 fully saturated rings. The zero-order valence-corrected chi connectivity index (χ0v) is 15.7. The van der Waals surface area contributed by atoms with Crippen molar-refractivity contribution >= 4 is 23.3 Å². The second kappa shape index (κ2) is 7.20. The minimum absolute atomic E-state index is 0.0295. The van der Waals surface area contributed by atoms with E-state index in [1.807, 2.05) is 64.1 Å². The maximum absolute atomic E-state index is 12.4. The summed E-state index contributed by atoms with van der Waals surface area (Å²) in [5.41, 5.74) is 6.07. The summed E-state index contributed by atoms with van der Waals surface area (Å²) < 4.78 is 0. The summed E-state index contributed by atoms with van der Waals surface area (Å²) in [6, 6.07) is 11.5. The smallest absolute Gasteiger partial charge is 0.319 e. The van der Waals surface area contributed by atoms with Crippen molar-refractivity contribution in [1.29, 1.82) is 0 Å². The van der Waals surface area contributed by atoms with Crippen LogP contribution in [0.25, 0.3) is 0 Å². The normalized spacial score (nSPS) is 16.7. The van der Waals surface area contributed by atoms with Gasteiger partial charge in [0.1, 0.15) is 0 Å². The van der Waals surface area contributed by atoms with Gasteiger partial charge in [-0.05, 0) is 51.0 Å². The van der Waals surface area contributed by atoms with Gasteiger partial charge in [-0.15, -0.1) is 0 Å². The van der Waals surface area contributed by atoms with Gasteiger partial charge in [0.2, 0.25) is 5.91 Å². The third-order valence-electron chi connectivity index (χ3n) is 4.72. The quantitative estimate of drug-likeness (QED) is 0.882. The number of anilines is 2. The van der Waals surface area contributed by atoms with E-state index in [0.29, 0.717) is 13.0 Å². The molecule has 3 amide bonds. The van der Waals surface area contributed by atoms with Crippen molar-refractivity contribution in [3.05, 3.63) is 58.7 Å². The number of urea groups is 1. The van der Waals surface area contributed by atoms with Crippen LogP contribution in [0.1, 0.15) is 28.7 Å². The zero-order chi connectivity index (χ0) is 18.8. The predicted molar refractivity (Wildman–Crippen MR) is 105 cm³/mol. The molecular formula is C21H25N3O2. The highest BCUT2D eigenvalue weighted by Crippen LogP contribution is 2.23. The predicted octanol–water partition coefficient (Wildman–Crippen LogP) is 3.85. The number of carbonyl (C=O) groups is 2. The third kappa shape index (κ3) is 3.87. The van der Waals surface area contributed by atoms with E-state index in [1.165, 1.54) is 5.56 Å². The van der Waals surface area contributed by atoms with E-state index in [1.54, 1.807) is 4.90 Å². The van der Waals surface area contributed by atoms with Crippen LogP contribution < -0.4 is 15.5 Å². The highest BCUT2D eigenvalue weighted by molar-refractivity contribution is 5.98. The molecule has 1 heterocycles. The fraction of sp³-hybridized carbons (Fsp3) is 0.333. The Balaban J connectivity index is 1.64. The summed E-state index contributed by atoms with van der Waals surface area (Å²) in [6.45, 7) is 8.50. The second-order valence-corrected chi connectivity index (χ2v) is 7.11. The van der Waals surface area contributed by atoms with Crippen LogP contribution in [0.15, 0.2) is 36.4 Å². The molecule has 0 unspecified atom stereocenters. The Bertz CT molecular complexity index is 820. The Kier molecular flexibility index (Phi) is 4.98. The molecule has 1 atom stereocenters. The first kappa shape index (κ1) is 18.0. The lowest BCUT2D eigenvalue weighted by molar-refractivity contribution is -0.117. The van der Waals surface area contributed by atoms with Gasteiger partial charge < -0.3 is 15.5 Å². The Morgan fingerprint density at radius 1 is 1.00 bits per heavy atom. The number of rotatable bonds is 3. The molecule has 136 valence electrons.